The number of likely N-dealkylation sites (N-methyl/N-ethyl adjacent to an activating group) is 2. The molecule has 270 valence electrons. The first-order valence-electron chi connectivity index (χ1n) is 18.1. The molecule has 6 N–H and O–H groups in total. The molecule has 1 unspecified atom stereocenters. The Morgan fingerprint density at radius 3 is 2.49 bits per heavy atom. The molecule has 49 heavy (non-hydrogen) atoms. The van der Waals surface area contributed by atoms with Gasteiger partial charge in [0.2, 0.25) is 5.91 Å². The number of amides is 2. The van der Waals surface area contributed by atoms with Crippen molar-refractivity contribution < 1.29 is 14.3 Å². The summed E-state index contributed by atoms with van der Waals surface area (Å²) in [6.07, 6.45) is 16.3. The summed E-state index contributed by atoms with van der Waals surface area (Å²) in [7, 11) is 3.74. The molecule has 1 atom stereocenters. The van der Waals surface area contributed by atoms with Crippen molar-refractivity contribution in [2.45, 2.75) is 84.1 Å². The van der Waals surface area contributed by atoms with Gasteiger partial charge in [-0.15, -0.1) is 12.3 Å². The lowest BCUT2D eigenvalue weighted by atomic mass is 9.88. The van der Waals surface area contributed by atoms with Crippen LogP contribution in [0.3, 0.4) is 0 Å². The second kappa shape index (κ2) is 23.5. The van der Waals surface area contributed by atoms with Gasteiger partial charge in [0.1, 0.15) is 5.75 Å². The average molecular weight is 675 g/mol. The topological polar surface area (TPSA) is 126 Å². The summed E-state index contributed by atoms with van der Waals surface area (Å²) in [6, 6.07) is 14.2. The van der Waals surface area contributed by atoms with E-state index in [1.807, 2.05) is 55.9 Å². The second-order valence-electron chi connectivity index (χ2n) is 12.7. The third kappa shape index (κ3) is 14.7. The number of allylic oxidation sites excluding steroid dienone is 1. The van der Waals surface area contributed by atoms with Crippen LogP contribution in [-0.2, 0) is 11.2 Å². The minimum Gasteiger partial charge on any atom is -0.494 e. The van der Waals surface area contributed by atoms with E-state index in [1.54, 1.807) is 0 Å². The number of carbonyl (C=O) groups is 2. The van der Waals surface area contributed by atoms with Crippen LogP contribution >= 0.6 is 0 Å². The number of ether oxygens (including phenoxy) is 1. The number of nitrogens with one attached hydrogen (secondary N) is 2. The molecule has 2 aromatic carbocycles. The number of nitrogens with two attached hydrogens (primary N) is 2. The van der Waals surface area contributed by atoms with Gasteiger partial charge in [-0.2, -0.15) is 0 Å². The van der Waals surface area contributed by atoms with Gasteiger partial charge in [-0.25, -0.2) is 0 Å². The maximum absolute atomic E-state index is 13.7. The molecular weight excluding hydrogens is 612 g/mol. The van der Waals surface area contributed by atoms with E-state index in [1.165, 1.54) is 32.1 Å². The van der Waals surface area contributed by atoms with Crippen molar-refractivity contribution in [2.24, 2.45) is 17.4 Å². The number of primary amides is 1. The summed E-state index contributed by atoms with van der Waals surface area (Å²) in [5, 5.41) is 6.43. The van der Waals surface area contributed by atoms with Gasteiger partial charge in [-0.3, -0.25) is 14.5 Å². The van der Waals surface area contributed by atoms with Gasteiger partial charge in [-0.1, -0.05) is 64.3 Å². The Labute approximate surface area is 296 Å². The Bertz CT molecular complexity index is 1320. The summed E-state index contributed by atoms with van der Waals surface area (Å²) in [5.41, 5.74) is 15.4. The Morgan fingerprint density at radius 2 is 1.86 bits per heavy atom. The minimum absolute atomic E-state index is 0.0313. The highest BCUT2D eigenvalue weighted by Crippen LogP contribution is 2.36. The number of terminal acetylenes is 1. The van der Waals surface area contributed by atoms with Crippen molar-refractivity contribution in [1.29, 1.82) is 0 Å². The Balaban J connectivity index is 0.000000598. The summed E-state index contributed by atoms with van der Waals surface area (Å²) >= 11 is 0. The van der Waals surface area contributed by atoms with Crippen molar-refractivity contribution in [3.05, 3.63) is 71.4 Å². The van der Waals surface area contributed by atoms with Crippen LogP contribution in [0.25, 0.3) is 0 Å². The van der Waals surface area contributed by atoms with Crippen LogP contribution < -0.4 is 26.8 Å². The van der Waals surface area contributed by atoms with Crippen LogP contribution in [0.15, 0.2) is 54.7 Å². The van der Waals surface area contributed by atoms with Crippen LogP contribution in [0.5, 0.6) is 5.75 Å². The molecule has 4 rings (SSSR count). The van der Waals surface area contributed by atoms with Gasteiger partial charge in [0.15, 0.2) is 0 Å². The lowest BCUT2D eigenvalue weighted by molar-refractivity contribution is -0.118. The number of anilines is 1. The van der Waals surface area contributed by atoms with Crippen LogP contribution in [0, 0.1) is 18.3 Å². The molecule has 0 saturated heterocycles. The van der Waals surface area contributed by atoms with Gasteiger partial charge in [-0.05, 0) is 94.1 Å². The molecule has 1 aliphatic carbocycles. The lowest BCUT2D eigenvalue weighted by Gasteiger charge is -2.37. The largest absolute Gasteiger partial charge is 0.494 e. The molecule has 1 fully saturated rings. The lowest BCUT2D eigenvalue weighted by Crippen LogP contribution is -2.41. The van der Waals surface area contributed by atoms with E-state index in [9.17, 15) is 9.59 Å². The maximum atomic E-state index is 13.7. The number of benzene rings is 2. The smallest absolute Gasteiger partial charge is 0.254 e. The Morgan fingerprint density at radius 1 is 1.14 bits per heavy atom. The molecule has 0 radical (unpaired) electrons. The SMILES string of the molecule is C#CCCN1C(=O)c2cc(NC(=C)CCC3CCCC3)ccc2CC1c1ccc(OCCCCN)cc1.CC.CNCCN(C)CC(N)=O. The van der Waals surface area contributed by atoms with Gasteiger partial charge in [0.25, 0.3) is 5.91 Å². The van der Waals surface area contributed by atoms with E-state index in [0.29, 0.717) is 32.7 Å². The second-order valence-corrected chi connectivity index (χ2v) is 12.7. The van der Waals surface area contributed by atoms with Gasteiger partial charge < -0.3 is 31.7 Å². The summed E-state index contributed by atoms with van der Waals surface area (Å²) < 4.78 is 5.83. The zero-order chi connectivity index (χ0) is 36.0. The highest BCUT2D eigenvalue weighted by Gasteiger charge is 2.33. The first kappa shape index (κ1) is 41.3. The van der Waals surface area contributed by atoms with E-state index >= 15 is 0 Å². The quantitative estimate of drug-likeness (QED) is 0.111. The Hall–Kier alpha value is -3.84. The molecule has 0 aromatic heterocycles. The molecule has 2 aromatic rings. The first-order valence-corrected chi connectivity index (χ1v) is 18.1. The predicted molar refractivity (Wildman–Crippen MR) is 204 cm³/mol. The molecule has 1 saturated carbocycles. The van der Waals surface area contributed by atoms with Crippen LogP contribution in [0.2, 0.25) is 0 Å². The first-order chi connectivity index (χ1) is 23.7. The monoisotopic (exact) mass is 674 g/mol. The Kier molecular flexibility index (Phi) is 19.8. The van der Waals surface area contributed by atoms with Gasteiger partial charge in [0.05, 0.1) is 19.2 Å². The summed E-state index contributed by atoms with van der Waals surface area (Å²) in [6.45, 7) is 12.2. The summed E-state index contributed by atoms with van der Waals surface area (Å²) in [5.74, 6) is 4.12. The number of hydrogen-bond donors (Lipinski definition) is 4. The molecule has 0 spiro atoms. The molecule has 1 heterocycles. The molecule has 2 aliphatic rings. The highest BCUT2D eigenvalue weighted by molar-refractivity contribution is 5.98. The number of nitrogens with zero attached hydrogens (tertiary/aromatic N) is 2. The fourth-order valence-electron chi connectivity index (χ4n) is 6.20. The van der Waals surface area contributed by atoms with Crippen molar-refractivity contribution in [3.63, 3.8) is 0 Å². The van der Waals surface area contributed by atoms with Gasteiger partial charge >= 0.3 is 0 Å². The molecule has 9 heteroatoms. The maximum Gasteiger partial charge on any atom is 0.254 e. The van der Waals surface area contributed by atoms with Crippen LogP contribution in [0.4, 0.5) is 5.69 Å². The fourth-order valence-corrected chi connectivity index (χ4v) is 6.20. The van der Waals surface area contributed by atoms with E-state index in [0.717, 1.165) is 78.5 Å². The number of fused-ring (bicyclic) bond motifs is 1. The number of carbonyl (C=O) groups excluding carboxylic acids is 2. The molecule has 0 bridgehead atoms. The van der Waals surface area contributed by atoms with Crippen LogP contribution in [0.1, 0.15) is 99.2 Å². The third-order valence-corrected chi connectivity index (χ3v) is 8.84. The van der Waals surface area contributed by atoms with Gasteiger partial charge in [0, 0.05) is 43.0 Å². The van der Waals surface area contributed by atoms with Crippen LogP contribution in [-0.4, -0.2) is 75.0 Å². The number of unbranched alkanes of at least 4 members (excludes halogenated alkanes) is 1. The highest BCUT2D eigenvalue weighted by atomic mass is 16.5. The molecule has 2 amide bonds. The zero-order valence-corrected chi connectivity index (χ0v) is 30.6. The molecule has 1 aliphatic heterocycles. The van der Waals surface area contributed by atoms with Crippen molar-refractivity contribution >= 4 is 17.5 Å². The average Bonchev–Trinajstić information content (AvgIpc) is 3.63. The van der Waals surface area contributed by atoms with Crippen molar-refractivity contribution in [3.8, 4) is 18.1 Å². The van der Waals surface area contributed by atoms with Crippen molar-refractivity contribution in [1.82, 2.24) is 15.1 Å². The van der Waals surface area contributed by atoms with E-state index in [2.05, 4.69) is 47.4 Å². The zero-order valence-electron chi connectivity index (χ0n) is 30.6. The molecule has 9 nitrogen and oxygen atoms in total. The summed E-state index contributed by atoms with van der Waals surface area (Å²) in [4.78, 5) is 27.8. The minimum atomic E-state index is -0.279. The predicted octanol–water partition coefficient (Wildman–Crippen LogP) is 6.11. The van der Waals surface area contributed by atoms with E-state index in [-0.39, 0.29) is 17.9 Å². The number of hydrogen-bond acceptors (Lipinski definition) is 7. The molecular formula is C40H62N6O3. The van der Waals surface area contributed by atoms with Crippen molar-refractivity contribution in [2.75, 3.05) is 58.7 Å². The fraction of sp³-hybridized carbons (Fsp3) is 0.550. The van der Waals surface area contributed by atoms with E-state index in [4.69, 9.17) is 22.6 Å². The third-order valence-electron chi connectivity index (χ3n) is 8.84. The van der Waals surface area contributed by atoms with E-state index < -0.39 is 0 Å². The normalized spacial score (nSPS) is 15.3. The standard InChI is InChI=1S/C32H41N3O2.C6H15N3O.C2H6/c1-3-4-20-35-31(26-14-17-29(18-15-26)37-21-8-7-19-33)22-27-13-16-28(23-30(27)32(35)36)34-24(2)11-12-25-9-5-6-10-25;1-8-3-4-9(2)5-6(7)10;1-2/h1,13-18,23,25,31,34H,2,4-12,19-22,33H2;8H,3-5H2,1-2H3,(H2,7,10);1-2H3. The number of rotatable bonds is 18.